The number of methoxy groups -OCH3 is 1. The number of Topliss-reactive ketones (excluding diaryl/α,β-unsaturated/α-hetero) is 1. The second-order valence-electron chi connectivity index (χ2n) is 5.60. The van der Waals surface area contributed by atoms with Crippen LogP contribution in [-0.2, 0) is 46.7 Å². The van der Waals surface area contributed by atoms with E-state index in [1.165, 1.54) is 14.0 Å². The molecule has 0 aromatic heterocycles. The zero-order valence-corrected chi connectivity index (χ0v) is 16.6. The second-order valence-corrected chi connectivity index (χ2v) is 6.63. The Labute approximate surface area is 170 Å². The van der Waals surface area contributed by atoms with E-state index in [2.05, 4.69) is 14.9 Å². The average molecular weight is 428 g/mol. The van der Waals surface area contributed by atoms with Crippen LogP contribution in [0.4, 0.5) is 0 Å². The monoisotopic (exact) mass is 428 g/mol. The van der Waals surface area contributed by atoms with E-state index in [4.69, 9.17) is 4.74 Å². The van der Waals surface area contributed by atoms with Crippen LogP contribution in [0.25, 0.3) is 0 Å². The molecule has 11 nitrogen and oxygen atoms in total. The van der Waals surface area contributed by atoms with Crippen LogP contribution in [-0.4, -0.2) is 53.4 Å². The minimum absolute atomic E-state index is 0.0545. The molecule has 1 N–H and O–H groups in total. The molecule has 1 aromatic carbocycles. The van der Waals surface area contributed by atoms with Gasteiger partial charge < -0.3 is 19.6 Å². The predicted octanol–water partition coefficient (Wildman–Crippen LogP) is 0.418. The van der Waals surface area contributed by atoms with E-state index >= 15 is 0 Å². The first-order valence-corrected chi connectivity index (χ1v) is 9.36. The van der Waals surface area contributed by atoms with E-state index in [0.29, 0.717) is 11.1 Å². The summed E-state index contributed by atoms with van der Waals surface area (Å²) in [6, 6.07) is 5.38. The molecule has 0 saturated heterocycles. The van der Waals surface area contributed by atoms with Crippen LogP contribution in [0.3, 0.4) is 0 Å². The van der Waals surface area contributed by atoms with E-state index in [0.717, 1.165) is 11.8 Å². The second kappa shape index (κ2) is 12.3. The molecule has 29 heavy (non-hydrogen) atoms. The van der Waals surface area contributed by atoms with Crippen LogP contribution < -0.4 is 5.32 Å². The number of ether oxygens (including phenoxy) is 2. The lowest BCUT2D eigenvalue weighted by molar-refractivity contribution is -0.763. The Bertz CT molecular complexity index is 752. The summed E-state index contributed by atoms with van der Waals surface area (Å²) in [5.74, 6) is -3.09. The van der Waals surface area contributed by atoms with Gasteiger partial charge in [0.25, 0.3) is 5.09 Å². The normalized spacial score (nSPS) is 11.1. The third kappa shape index (κ3) is 9.55. The molecule has 158 valence electrons. The maximum atomic E-state index is 11.8. The van der Waals surface area contributed by atoms with Crippen LogP contribution in [0, 0.1) is 10.1 Å². The molecule has 0 unspecified atom stereocenters. The molecule has 0 bridgehead atoms. The number of nitrogens with zero attached hydrogens (tertiary/aromatic N) is 1. The number of rotatable bonds is 12. The molecule has 1 aromatic rings. The molecular weight excluding hydrogens is 408 g/mol. The van der Waals surface area contributed by atoms with Crippen molar-refractivity contribution in [3.63, 3.8) is 0 Å². The summed E-state index contributed by atoms with van der Waals surface area (Å²) in [6.45, 7) is 0.890. The highest BCUT2D eigenvalue weighted by Crippen LogP contribution is 2.09. The standard InChI is InChI=1S/C17H20N2O9S/c1-11(20)18-14(16(22)26-2)9-29-10-15(21)17(23)27-7-12-3-5-13(6-4-12)8-28-19(24)25/h3-6,14H,7-10H2,1-2H3,(H,18,20)/t14-/m0/s1. The Morgan fingerprint density at radius 1 is 1.14 bits per heavy atom. The Hall–Kier alpha value is -3.15. The number of carbonyl (C=O) groups excluding carboxylic acids is 4. The highest BCUT2D eigenvalue weighted by atomic mass is 32.2. The Morgan fingerprint density at radius 2 is 1.72 bits per heavy atom. The summed E-state index contributed by atoms with van der Waals surface area (Å²) in [6.07, 6.45) is 0. The number of thioether (sulfide) groups is 1. The van der Waals surface area contributed by atoms with Gasteiger partial charge >= 0.3 is 11.9 Å². The summed E-state index contributed by atoms with van der Waals surface area (Å²) in [4.78, 5) is 60.6. The van der Waals surface area contributed by atoms with Crippen LogP contribution in [0.2, 0.25) is 0 Å². The summed E-state index contributed by atoms with van der Waals surface area (Å²) in [5, 5.41) is 11.6. The first-order chi connectivity index (χ1) is 13.7. The number of hydrogen-bond acceptors (Lipinski definition) is 10. The zero-order valence-electron chi connectivity index (χ0n) is 15.7. The Balaban J connectivity index is 2.40. The van der Waals surface area contributed by atoms with Gasteiger partial charge in [-0.15, -0.1) is 10.1 Å². The lowest BCUT2D eigenvalue weighted by atomic mass is 10.1. The van der Waals surface area contributed by atoms with E-state index in [-0.39, 0.29) is 24.7 Å². The van der Waals surface area contributed by atoms with Crippen LogP contribution in [0.5, 0.6) is 0 Å². The van der Waals surface area contributed by atoms with E-state index in [1.54, 1.807) is 24.3 Å². The zero-order chi connectivity index (χ0) is 21.8. The van der Waals surface area contributed by atoms with Gasteiger partial charge in [-0.2, -0.15) is 11.8 Å². The quantitative estimate of drug-likeness (QED) is 0.215. The average Bonchev–Trinajstić information content (AvgIpc) is 2.69. The molecule has 12 heteroatoms. The largest absolute Gasteiger partial charge is 0.467 e. The molecular formula is C17H20N2O9S. The summed E-state index contributed by atoms with van der Waals surface area (Å²) in [5.41, 5.74) is 1.14. The van der Waals surface area contributed by atoms with Crippen molar-refractivity contribution in [1.82, 2.24) is 5.32 Å². The van der Waals surface area contributed by atoms with Crippen molar-refractivity contribution in [2.75, 3.05) is 18.6 Å². The van der Waals surface area contributed by atoms with Gasteiger partial charge in [-0.25, -0.2) is 9.59 Å². The van der Waals surface area contributed by atoms with Gasteiger partial charge in [-0.05, 0) is 11.1 Å². The van der Waals surface area contributed by atoms with Crippen LogP contribution in [0.15, 0.2) is 24.3 Å². The molecule has 0 aliphatic heterocycles. The molecule has 1 atom stereocenters. The third-order valence-corrected chi connectivity index (χ3v) is 4.37. The minimum Gasteiger partial charge on any atom is -0.467 e. The van der Waals surface area contributed by atoms with Gasteiger partial charge in [0.05, 0.1) is 12.9 Å². The van der Waals surface area contributed by atoms with Crippen molar-refractivity contribution in [3.05, 3.63) is 45.5 Å². The number of benzene rings is 1. The maximum Gasteiger partial charge on any atom is 0.375 e. The number of esters is 2. The number of nitrogens with one attached hydrogen (secondary N) is 1. The molecule has 0 fully saturated rings. The molecule has 1 rings (SSSR count). The number of amides is 1. The Kier molecular flexibility index (Phi) is 10.2. The van der Waals surface area contributed by atoms with Crippen molar-refractivity contribution in [2.45, 2.75) is 26.2 Å². The summed E-state index contributed by atoms with van der Waals surface area (Å²) < 4.78 is 9.47. The van der Waals surface area contributed by atoms with Crippen molar-refractivity contribution < 1.29 is 38.6 Å². The van der Waals surface area contributed by atoms with Crippen molar-refractivity contribution in [1.29, 1.82) is 0 Å². The van der Waals surface area contributed by atoms with E-state index < -0.39 is 34.8 Å². The third-order valence-electron chi connectivity index (χ3n) is 3.34. The highest BCUT2D eigenvalue weighted by molar-refractivity contribution is 8.00. The molecule has 1 amide bonds. The van der Waals surface area contributed by atoms with Gasteiger partial charge in [0.2, 0.25) is 11.7 Å². The van der Waals surface area contributed by atoms with Gasteiger partial charge in [-0.3, -0.25) is 9.59 Å². The minimum atomic E-state index is -1.03. The van der Waals surface area contributed by atoms with Gasteiger partial charge in [0.1, 0.15) is 19.3 Å². The summed E-state index contributed by atoms with van der Waals surface area (Å²) in [7, 11) is 1.17. The van der Waals surface area contributed by atoms with Crippen molar-refractivity contribution >= 4 is 35.4 Å². The Morgan fingerprint density at radius 3 is 2.24 bits per heavy atom. The first kappa shape index (κ1) is 23.9. The topological polar surface area (TPSA) is 151 Å². The van der Waals surface area contributed by atoms with E-state index in [1.807, 2.05) is 0 Å². The van der Waals surface area contributed by atoms with Gasteiger partial charge in [0.15, 0.2) is 0 Å². The van der Waals surface area contributed by atoms with Crippen molar-refractivity contribution in [2.24, 2.45) is 0 Å². The van der Waals surface area contributed by atoms with E-state index in [9.17, 15) is 29.3 Å². The molecule has 0 aliphatic rings. The highest BCUT2D eigenvalue weighted by Gasteiger charge is 2.22. The fourth-order valence-electron chi connectivity index (χ4n) is 1.97. The van der Waals surface area contributed by atoms with Gasteiger partial charge in [-0.1, -0.05) is 24.3 Å². The van der Waals surface area contributed by atoms with Crippen molar-refractivity contribution in [3.8, 4) is 0 Å². The lowest BCUT2D eigenvalue weighted by Gasteiger charge is -2.14. The smallest absolute Gasteiger partial charge is 0.375 e. The van der Waals surface area contributed by atoms with Crippen LogP contribution >= 0.6 is 11.8 Å². The number of carbonyl (C=O) groups is 4. The predicted molar refractivity (Wildman–Crippen MR) is 100.0 cm³/mol. The maximum absolute atomic E-state index is 11.8. The number of ketones is 1. The molecule has 0 heterocycles. The van der Waals surface area contributed by atoms with Gasteiger partial charge in [0, 0.05) is 12.7 Å². The fourth-order valence-corrected chi connectivity index (χ4v) is 2.85. The summed E-state index contributed by atoms with van der Waals surface area (Å²) >= 11 is 0.980. The molecule has 0 saturated carbocycles. The lowest BCUT2D eigenvalue weighted by Crippen LogP contribution is -2.42. The molecule has 0 radical (unpaired) electrons. The SMILES string of the molecule is COC(=O)[C@H](CSCC(=O)C(=O)OCc1ccc(CO[N+](=O)[O-])cc1)NC(C)=O. The molecule has 0 aliphatic carbocycles. The fraction of sp³-hybridized carbons (Fsp3) is 0.412. The molecule has 0 spiro atoms. The number of hydrogen-bond donors (Lipinski definition) is 1. The van der Waals surface area contributed by atoms with Crippen LogP contribution in [0.1, 0.15) is 18.1 Å². The first-order valence-electron chi connectivity index (χ1n) is 8.20.